The fraction of sp³-hybridized carbons (Fsp3) is 0.0769. The third-order valence-corrected chi connectivity index (χ3v) is 18.0. The highest BCUT2D eigenvalue weighted by Gasteiger charge is 2.71. The minimum Gasteiger partial charge on any atom is -0.355 e. The molecule has 3 aromatic rings. The molecule has 28 nitrogen and oxygen atoms in total. The van der Waals surface area contributed by atoms with Gasteiger partial charge in [0, 0.05) is 27.6 Å². The smallest absolute Gasteiger partial charge is 0.298 e. The number of aromatic nitrogens is 4. The minimum atomic E-state index is -7.36. The molecule has 6 rings (SSSR count). The first-order valence-electron chi connectivity index (χ1n) is 15.2. The average molecular weight is 1030 g/mol. The zero-order valence-electron chi connectivity index (χ0n) is 29.0. The van der Waals surface area contributed by atoms with Gasteiger partial charge in [-0.2, -0.15) is 67.3 Å². The predicted octanol–water partition coefficient (Wildman–Crippen LogP) is -0.586. The fourth-order valence-corrected chi connectivity index (χ4v) is 18.6. The Morgan fingerprint density at radius 1 is 0.468 bits per heavy atom. The summed E-state index contributed by atoms with van der Waals surface area (Å²) in [5.74, 6) is 0. The highest BCUT2D eigenvalue weighted by Crippen LogP contribution is 2.57. The van der Waals surface area contributed by atoms with Gasteiger partial charge < -0.3 is 9.97 Å². The summed E-state index contributed by atoms with van der Waals surface area (Å²) in [5, 5.41) is -4.71. The van der Waals surface area contributed by atoms with E-state index in [1.54, 1.807) is 0 Å². The van der Waals surface area contributed by atoms with E-state index in [4.69, 9.17) is 0 Å². The van der Waals surface area contributed by atoms with Crippen LogP contribution in [0, 0.1) is 0 Å². The van der Waals surface area contributed by atoms with Gasteiger partial charge >= 0.3 is 0 Å². The first-order chi connectivity index (χ1) is 27.8. The van der Waals surface area contributed by atoms with Crippen LogP contribution < -0.4 is 0 Å². The Morgan fingerprint density at radius 2 is 0.919 bits per heavy atom. The van der Waals surface area contributed by atoms with E-state index in [0.717, 1.165) is 12.1 Å². The molecular weight excluding hydrogens is 1010 g/mol. The van der Waals surface area contributed by atoms with Crippen molar-refractivity contribution >= 4 is 125 Å². The van der Waals surface area contributed by atoms with Crippen molar-refractivity contribution in [2.45, 2.75) is 10.00 Å². The van der Waals surface area contributed by atoms with Gasteiger partial charge in [0.05, 0.1) is 22.8 Å². The van der Waals surface area contributed by atoms with Crippen LogP contribution in [0.15, 0.2) is 62.1 Å². The summed E-state index contributed by atoms with van der Waals surface area (Å²) in [7, 11) is -54.5. The molecule has 0 fully saturated rings. The second-order valence-corrected chi connectivity index (χ2v) is 23.9. The Balaban J connectivity index is 2.06. The van der Waals surface area contributed by atoms with Crippen LogP contribution in [-0.2, 0) is 85.7 Å². The normalized spacial score (nSPS) is 20.0. The van der Waals surface area contributed by atoms with Crippen molar-refractivity contribution < 1.29 is 104 Å². The lowest BCUT2D eigenvalue weighted by atomic mass is 9.90. The van der Waals surface area contributed by atoms with E-state index in [-0.39, 0.29) is 28.9 Å². The summed E-state index contributed by atoms with van der Waals surface area (Å²) in [6.07, 6.45) is 2.22. The first-order valence-corrected chi connectivity index (χ1v) is 26.8. The Morgan fingerprint density at radius 3 is 1.34 bits per heavy atom. The van der Waals surface area contributed by atoms with Gasteiger partial charge in [-0.1, -0.05) is 0 Å². The quantitative estimate of drug-likeness (QED) is 0.0937. The summed E-state index contributed by atoms with van der Waals surface area (Å²) in [4.78, 5) is -3.70. The lowest BCUT2D eigenvalue weighted by Crippen LogP contribution is -2.57. The van der Waals surface area contributed by atoms with Crippen LogP contribution in [0.1, 0.15) is 28.3 Å². The third-order valence-electron chi connectivity index (χ3n) is 8.63. The summed E-state index contributed by atoms with van der Waals surface area (Å²) < 4.78 is 286. The van der Waals surface area contributed by atoms with Crippen LogP contribution in [0.2, 0.25) is 0 Å². The molecule has 0 aromatic carbocycles. The average Bonchev–Trinajstić information content (AvgIpc) is 3.83. The molecule has 1 aliphatic carbocycles. The molecule has 0 saturated heterocycles. The van der Waals surface area contributed by atoms with Gasteiger partial charge in [0.15, 0.2) is 10.00 Å². The largest absolute Gasteiger partial charge is 0.355 e. The maximum Gasteiger partial charge on any atom is 0.298 e. The van der Waals surface area contributed by atoms with Crippen molar-refractivity contribution in [2.75, 3.05) is 0 Å². The number of hydrogen-bond donors (Lipinski definition) is 10. The number of nitrogens with zero attached hydrogens (tertiary/aromatic N) is 2. The van der Waals surface area contributed by atoms with Crippen molar-refractivity contribution in [3.63, 3.8) is 0 Å². The zero-order chi connectivity index (χ0) is 46.9. The molecule has 2 unspecified atom stereocenters. The molecule has 5 heterocycles. The van der Waals surface area contributed by atoms with Gasteiger partial charge in [0.25, 0.3) is 80.9 Å². The highest BCUT2D eigenvalue weighted by molar-refractivity contribution is 8.02. The lowest BCUT2D eigenvalue weighted by molar-refractivity contribution is 0.414. The molecule has 62 heavy (non-hydrogen) atoms. The number of nitrogens with one attached hydrogen (secondary N) is 2. The van der Waals surface area contributed by atoms with Crippen LogP contribution in [0.3, 0.4) is 0 Å². The van der Waals surface area contributed by atoms with Crippen molar-refractivity contribution in [1.82, 2.24) is 19.9 Å². The summed E-state index contributed by atoms with van der Waals surface area (Å²) in [5.41, 5.74) is -7.17. The van der Waals surface area contributed by atoms with E-state index in [0.29, 0.717) is 6.07 Å². The number of fused-ring (bicyclic) bond motifs is 8. The van der Waals surface area contributed by atoms with Crippen molar-refractivity contribution in [1.29, 1.82) is 0 Å². The van der Waals surface area contributed by atoms with Gasteiger partial charge in [-0.15, -0.1) is 0 Å². The molecule has 3 aliphatic rings. The monoisotopic (exact) mass is 1030 g/mol. The Hall–Kier alpha value is -4.64. The van der Waals surface area contributed by atoms with Gasteiger partial charge in [-0.3, -0.25) is 36.4 Å². The van der Waals surface area contributed by atoms with E-state index in [9.17, 15) is 104 Å². The number of aromatic amines is 2. The molecule has 8 bridgehead atoms. The SMILES string of the molecule is O=S(=O)(O)C1=C(S(=O)(=O)O)C(S(=O)(=O)O)C(c2cc3cc4nc(cc5ccc(cc6nc(cc2[nH]3)C=C6)[nH]5)C(S(=O)(=O)O)=C4S(=O)(=O)O)(S(=O)(=O)O)C(S(=O)(=O)O)=C1S(=O)(=O)O. The maximum absolute atomic E-state index is 13.9. The second-order valence-electron chi connectivity index (χ2n) is 12.6. The standard InChI is InChI=1S/C26H20N4O24S8/c31-55(32,33)19-17-8-13-4-2-11(28-13)5-10-1-3-12(27-10)7-16-15(6-14(29-16)9-18(30-17)20(19)56(34,35)36)26(62(52,53)54)24(60(46,47)48)22(58(40,41)42)21(57(37,38)39)23(59(43,44)45)25(26)61(49,50)51/h1-9,24,28-29H,(H,31,32,33)(H,34,35,36)(H,37,38,39)(H,40,41,42)(H,43,44,45)(H,46,47,48)(H,49,50,51)(H,52,53,54). The summed E-state index contributed by atoms with van der Waals surface area (Å²) >= 11 is 0. The van der Waals surface area contributed by atoms with Crippen LogP contribution >= 0.6 is 0 Å². The second kappa shape index (κ2) is 14.2. The predicted molar refractivity (Wildman–Crippen MR) is 209 cm³/mol. The third kappa shape index (κ3) is 8.07. The number of H-pyrrole nitrogens is 2. The molecule has 2 atom stereocenters. The summed E-state index contributed by atoms with van der Waals surface area (Å²) in [6.45, 7) is 0. The fourth-order valence-electron chi connectivity index (χ4n) is 6.75. The van der Waals surface area contributed by atoms with Gasteiger partial charge in [0.2, 0.25) is 0 Å². The van der Waals surface area contributed by atoms with E-state index in [1.165, 1.54) is 24.3 Å². The minimum absolute atomic E-state index is 0.00545. The molecule has 2 aliphatic heterocycles. The summed E-state index contributed by atoms with van der Waals surface area (Å²) in [6, 6.07) is 5.38. The molecule has 0 spiro atoms. The van der Waals surface area contributed by atoms with Gasteiger partial charge in [-0.25, -0.2) is 9.97 Å². The molecule has 3 aromatic heterocycles. The molecule has 0 amide bonds. The topological polar surface area (TPSA) is 492 Å². The van der Waals surface area contributed by atoms with E-state index in [2.05, 4.69) is 19.9 Å². The van der Waals surface area contributed by atoms with E-state index < -0.39 is 154 Å². The van der Waals surface area contributed by atoms with Gasteiger partial charge in [0.1, 0.15) is 29.4 Å². The lowest BCUT2D eigenvalue weighted by Gasteiger charge is -2.40. The molecule has 0 saturated carbocycles. The molecule has 0 radical (unpaired) electrons. The van der Waals surface area contributed by atoms with E-state index >= 15 is 0 Å². The molecule has 36 heteroatoms. The zero-order valence-corrected chi connectivity index (χ0v) is 35.6. The van der Waals surface area contributed by atoms with Crippen LogP contribution in [0.25, 0.3) is 44.0 Å². The highest BCUT2D eigenvalue weighted by atomic mass is 32.3. The van der Waals surface area contributed by atoms with Crippen molar-refractivity contribution in [3.05, 3.63) is 90.4 Å². The van der Waals surface area contributed by atoms with Crippen molar-refractivity contribution in [3.8, 4) is 0 Å². The molecule has 10 N–H and O–H groups in total. The Labute approximate surface area is 347 Å². The Kier molecular flexibility index (Phi) is 10.7. The molecular formula is C26H20N4O24S8. The number of hydrogen-bond acceptors (Lipinski definition) is 18. The van der Waals surface area contributed by atoms with Crippen LogP contribution in [-0.4, -0.2) is 129 Å². The Bertz CT molecular complexity index is 3840. The number of rotatable bonds is 9. The maximum atomic E-state index is 13.9. The van der Waals surface area contributed by atoms with Crippen LogP contribution in [0.4, 0.5) is 0 Å². The van der Waals surface area contributed by atoms with Crippen molar-refractivity contribution in [2.24, 2.45) is 0 Å². The van der Waals surface area contributed by atoms with Crippen LogP contribution in [0.5, 0.6) is 0 Å². The van der Waals surface area contributed by atoms with Gasteiger partial charge in [-0.05, 0) is 54.6 Å². The first kappa shape index (κ1) is 46.9. The molecule has 336 valence electrons. The van der Waals surface area contributed by atoms with E-state index in [1.807, 2.05) is 0 Å².